The van der Waals surface area contributed by atoms with Crippen LogP contribution in [0.5, 0.6) is 11.5 Å². The number of methoxy groups -OCH3 is 2. The van der Waals surface area contributed by atoms with Gasteiger partial charge in [-0.15, -0.1) is 0 Å². The van der Waals surface area contributed by atoms with Gasteiger partial charge in [-0.05, 0) is 49.4 Å². The van der Waals surface area contributed by atoms with E-state index in [1.807, 2.05) is 41.9 Å². The zero-order valence-electron chi connectivity index (χ0n) is 18.4. The zero-order chi connectivity index (χ0) is 22.7. The fraction of sp³-hybridized carbons (Fsp3) is 0.292. The van der Waals surface area contributed by atoms with Crippen molar-refractivity contribution in [3.05, 3.63) is 71.5 Å². The molecule has 0 bridgehead atoms. The van der Waals surface area contributed by atoms with Gasteiger partial charge in [-0.3, -0.25) is 9.59 Å². The predicted molar refractivity (Wildman–Crippen MR) is 120 cm³/mol. The number of nitrogens with zero attached hydrogens (tertiary/aromatic N) is 4. The van der Waals surface area contributed by atoms with Crippen LogP contribution in [0, 0.1) is 6.92 Å². The Morgan fingerprint density at radius 1 is 0.844 bits per heavy atom. The van der Waals surface area contributed by atoms with Crippen LogP contribution in [-0.2, 0) is 0 Å². The molecule has 0 aliphatic carbocycles. The zero-order valence-corrected chi connectivity index (χ0v) is 18.4. The smallest absolute Gasteiger partial charge is 0.257 e. The molecule has 2 heterocycles. The van der Waals surface area contributed by atoms with E-state index in [4.69, 9.17) is 9.47 Å². The highest BCUT2D eigenvalue weighted by molar-refractivity contribution is 5.98. The lowest BCUT2D eigenvalue weighted by molar-refractivity contribution is 0.0533. The molecule has 32 heavy (non-hydrogen) atoms. The summed E-state index contributed by atoms with van der Waals surface area (Å²) in [5.41, 5.74) is 3.04. The second kappa shape index (κ2) is 9.13. The second-order valence-corrected chi connectivity index (χ2v) is 7.58. The van der Waals surface area contributed by atoms with Crippen molar-refractivity contribution in [3.63, 3.8) is 0 Å². The third kappa shape index (κ3) is 4.16. The van der Waals surface area contributed by atoms with Crippen LogP contribution in [0.4, 0.5) is 0 Å². The maximum atomic E-state index is 13.0. The van der Waals surface area contributed by atoms with Gasteiger partial charge in [0.2, 0.25) is 0 Å². The van der Waals surface area contributed by atoms with Crippen molar-refractivity contribution >= 4 is 11.8 Å². The van der Waals surface area contributed by atoms with Gasteiger partial charge < -0.3 is 19.3 Å². The first-order valence-electron chi connectivity index (χ1n) is 10.4. The van der Waals surface area contributed by atoms with E-state index < -0.39 is 0 Å². The van der Waals surface area contributed by atoms with Crippen molar-refractivity contribution in [1.29, 1.82) is 0 Å². The lowest BCUT2D eigenvalue weighted by Crippen LogP contribution is -2.50. The van der Waals surface area contributed by atoms with Crippen molar-refractivity contribution in [2.24, 2.45) is 0 Å². The fourth-order valence-corrected chi connectivity index (χ4v) is 3.83. The second-order valence-electron chi connectivity index (χ2n) is 7.58. The summed E-state index contributed by atoms with van der Waals surface area (Å²) in [6.45, 7) is 3.86. The van der Waals surface area contributed by atoms with E-state index in [1.54, 1.807) is 41.3 Å². The third-order valence-electron chi connectivity index (χ3n) is 5.68. The average molecular weight is 434 g/mol. The first-order chi connectivity index (χ1) is 15.5. The van der Waals surface area contributed by atoms with Crippen LogP contribution >= 0.6 is 0 Å². The Balaban J connectivity index is 1.40. The van der Waals surface area contributed by atoms with E-state index in [2.05, 4.69) is 5.10 Å². The Morgan fingerprint density at radius 2 is 1.50 bits per heavy atom. The molecule has 0 unspecified atom stereocenters. The molecule has 1 aromatic heterocycles. The van der Waals surface area contributed by atoms with E-state index in [1.165, 1.54) is 7.11 Å². The SMILES string of the molecule is COc1ccc(C(=O)N2CCN(C(=O)c3ccc(-n4nccc4C)cc3)CC2)c(OC)c1. The number of amides is 2. The van der Waals surface area contributed by atoms with Gasteiger partial charge >= 0.3 is 0 Å². The molecule has 0 atom stereocenters. The number of carbonyl (C=O) groups is 2. The van der Waals surface area contributed by atoms with Crippen LogP contribution < -0.4 is 9.47 Å². The van der Waals surface area contributed by atoms with Gasteiger partial charge in [-0.25, -0.2) is 4.68 Å². The van der Waals surface area contributed by atoms with Gasteiger partial charge in [0.05, 0.1) is 25.5 Å². The molecule has 1 aliphatic heterocycles. The van der Waals surface area contributed by atoms with Crippen LogP contribution in [0.3, 0.4) is 0 Å². The summed E-state index contributed by atoms with van der Waals surface area (Å²) in [6.07, 6.45) is 1.75. The van der Waals surface area contributed by atoms with E-state index in [0.717, 1.165) is 11.4 Å². The number of rotatable bonds is 5. The van der Waals surface area contributed by atoms with Crippen molar-refractivity contribution in [2.45, 2.75) is 6.92 Å². The molecular weight excluding hydrogens is 408 g/mol. The summed E-state index contributed by atoms with van der Waals surface area (Å²) < 4.78 is 12.4. The Labute approximate surface area is 187 Å². The molecule has 4 rings (SSSR count). The predicted octanol–water partition coefficient (Wildman–Crippen LogP) is 2.80. The number of ether oxygens (including phenoxy) is 2. The summed E-state index contributed by atoms with van der Waals surface area (Å²) in [5.74, 6) is 0.946. The first-order valence-corrected chi connectivity index (χ1v) is 10.4. The quantitative estimate of drug-likeness (QED) is 0.617. The number of aromatic nitrogens is 2. The molecule has 8 heteroatoms. The number of carbonyl (C=O) groups excluding carboxylic acids is 2. The highest BCUT2D eigenvalue weighted by atomic mass is 16.5. The Bertz CT molecular complexity index is 1120. The lowest BCUT2D eigenvalue weighted by atomic mass is 10.1. The van der Waals surface area contributed by atoms with Gasteiger partial charge in [0, 0.05) is 49.7 Å². The molecule has 8 nitrogen and oxygen atoms in total. The normalized spacial score (nSPS) is 13.7. The summed E-state index contributed by atoms with van der Waals surface area (Å²) in [5, 5.41) is 4.29. The summed E-state index contributed by atoms with van der Waals surface area (Å²) >= 11 is 0. The topological polar surface area (TPSA) is 76.9 Å². The Kier molecular flexibility index (Phi) is 6.11. The molecular formula is C24H26N4O4. The van der Waals surface area contributed by atoms with Crippen LogP contribution in [0.25, 0.3) is 5.69 Å². The number of hydrogen-bond acceptors (Lipinski definition) is 5. The van der Waals surface area contributed by atoms with Crippen LogP contribution in [0.2, 0.25) is 0 Å². The number of aryl methyl sites for hydroxylation is 1. The van der Waals surface area contributed by atoms with E-state index in [9.17, 15) is 9.59 Å². The standard InChI is InChI=1S/C24H26N4O4/c1-17-10-11-25-28(17)19-6-4-18(5-7-19)23(29)26-12-14-27(15-13-26)24(30)21-9-8-20(31-2)16-22(21)32-3/h4-11,16H,12-15H2,1-3H3. The molecule has 166 valence electrons. The largest absolute Gasteiger partial charge is 0.497 e. The maximum absolute atomic E-state index is 13.0. The molecule has 1 fully saturated rings. The highest BCUT2D eigenvalue weighted by Crippen LogP contribution is 2.26. The molecule has 1 aliphatic rings. The summed E-state index contributed by atoms with van der Waals surface area (Å²) in [4.78, 5) is 29.5. The molecule has 0 radical (unpaired) electrons. The molecule has 0 spiro atoms. The highest BCUT2D eigenvalue weighted by Gasteiger charge is 2.27. The lowest BCUT2D eigenvalue weighted by Gasteiger charge is -2.35. The van der Waals surface area contributed by atoms with Gasteiger partial charge in [0.15, 0.2) is 0 Å². The van der Waals surface area contributed by atoms with E-state index >= 15 is 0 Å². The number of benzene rings is 2. The van der Waals surface area contributed by atoms with Crippen molar-refractivity contribution in [1.82, 2.24) is 19.6 Å². The van der Waals surface area contributed by atoms with Crippen LogP contribution in [0.15, 0.2) is 54.7 Å². The average Bonchev–Trinajstić information content (AvgIpc) is 3.28. The van der Waals surface area contributed by atoms with Crippen LogP contribution in [0.1, 0.15) is 26.4 Å². The summed E-state index contributed by atoms with van der Waals surface area (Å²) in [6, 6.07) is 14.5. The molecule has 0 N–H and O–H groups in total. The van der Waals surface area contributed by atoms with Gasteiger partial charge in [0.1, 0.15) is 11.5 Å². The fourth-order valence-electron chi connectivity index (χ4n) is 3.83. The molecule has 1 saturated heterocycles. The maximum Gasteiger partial charge on any atom is 0.257 e. The number of piperazine rings is 1. The monoisotopic (exact) mass is 434 g/mol. The molecule has 2 aromatic carbocycles. The molecule has 3 aromatic rings. The molecule has 0 saturated carbocycles. The molecule has 2 amide bonds. The van der Waals surface area contributed by atoms with Gasteiger partial charge in [-0.1, -0.05) is 0 Å². The van der Waals surface area contributed by atoms with Crippen molar-refractivity contribution in [3.8, 4) is 17.2 Å². The van der Waals surface area contributed by atoms with E-state index in [-0.39, 0.29) is 11.8 Å². The van der Waals surface area contributed by atoms with Crippen molar-refractivity contribution < 1.29 is 19.1 Å². The Morgan fingerprint density at radius 3 is 2.06 bits per heavy atom. The first kappa shape index (κ1) is 21.4. The Hall–Kier alpha value is -3.81. The van der Waals surface area contributed by atoms with Gasteiger partial charge in [0.25, 0.3) is 11.8 Å². The van der Waals surface area contributed by atoms with Crippen molar-refractivity contribution in [2.75, 3.05) is 40.4 Å². The van der Waals surface area contributed by atoms with Gasteiger partial charge in [-0.2, -0.15) is 5.10 Å². The minimum Gasteiger partial charge on any atom is -0.497 e. The third-order valence-corrected chi connectivity index (χ3v) is 5.68. The summed E-state index contributed by atoms with van der Waals surface area (Å²) in [7, 11) is 3.10. The number of hydrogen-bond donors (Lipinski definition) is 0. The minimum absolute atomic E-state index is 0.0390. The van der Waals surface area contributed by atoms with Crippen LogP contribution in [-0.4, -0.2) is 71.8 Å². The van der Waals surface area contributed by atoms with E-state index in [0.29, 0.717) is 48.8 Å². The minimum atomic E-state index is -0.115.